The summed E-state index contributed by atoms with van der Waals surface area (Å²) in [6.07, 6.45) is -4.44. The van der Waals surface area contributed by atoms with Gasteiger partial charge >= 0.3 is 6.18 Å². The third-order valence-corrected chi connectivity index (χ3v) is 4.34. The molecule has 0 fully saturated rings. The van der Waals surface area contributed by atoms with Crippen LogP contribution in [0, 0.1) is 0 Å². The van der Waals surface area contributed by atoms with Crippen molar-refractivity contribution >= 4 is 28.0 Å². The molecule has 0 aliphatic heterocycles. The molecule has 24 heavy (non-hydrogen) atoms. The molecule has 0 N–H and O–H groups in total. The molecule has 2 aromatic carbocycles. The molecule has 2 nitrogen and oxygen atoms in total. The van der Waals surface area contributed by atoms with Crippen LogP contribution >= 0.6 is 11.3 Å². The largest absolute Gasteiger partial charge is 0.406 e. The van der Waals surface area contributed by atoms with Crippen molar-refractivity contribution in [3.05, 3.63) is 70.4 Å². The van der Waals surface area contributed by atoms with Crippen LogP contribution < -0.4 is 0 Å². The Kier molecular flexibility index (Phi) is 4.57. The van der Waals surface area contributed by atoms with E-state index in [1.165, 1.54) is 11.3 Å². The molecule has 1 aromatic heterocycles. The molecule has 3 aromatic rings. The Morgan fingerprint density at radius 3 is 2.46 bits per heavy atom. The fraction of sp³-hybridized carbons (Fsp3) is 0.167. The van der Waals surface area contributed by atoms with E-state index in [9.17, 15) is 18.0 Å². The van der Waals surface area contributed by atoms with Crippen molar-refractivity contribution in [3.63, 3.8) is 0 Å². The number of hydrogen-bond acceptors (Lipinski definition) is 2. The summed E-state index contributed by atoms with van der Waals surface area (Å²) in [5, 5.41) is 5.29. The zero-order chi connectivity index (χ0) is 17.2. The third-order valence-electron chi connectivity index (χ3n) is 3.61. The van der Waals surface area contributed by atoms with E-state index in [1.807, 2.05) is 24.3 Å². The van der Waals surface area contributed by atoms with Crippen LogP contribution in [-0.4, -0.2) is 23.5 Å². The highest BCUT2D eigenvalue weighted by Crippen LogP contribution is 2.22. The number of amides is 1. The average Bonchev–Trinajstić information content (AvgIpc) is 3.05. The number of benzene rings is 2. The summed E-state index contributed by atoms with van der Waals surface area (Å²) in [5.74, 6) is -0.621. The summed E-state index contributed by atoms with van der Waals surface area (Å²) in [4.78, 5) is 13.5. The highest BCUT2D eigenvalue weighted by Gasteiger charge is 2.33. The predicted octanol–water partition coefficient (Wildman–Crippen LogP) is 5.11. The van der Waals surface area contributed by atoms with Gasteiger partial charge in [0.15, 0.2) is 0 Å². The molecule has 0 aliphatic carbocycles. The van der Waals surface area contributed by atoms with Crippen molar-refractivity contribution in [1.82, 2.24) is 4.90 Å². The number of carbonyl (C=O) groups is 1. The van der Waals surface area contributed by atoms with Gasteiger partial charge in [-0.15, -0.1) is 0 Å². The van der Waals surface area contributed by atoms with Crippen molar-refractivity contribution in [2.24, 2.45) is 0 Å². The Hall–Kier alpha value is -2.34. The molecule has 0 aliphatic rings. The maximum Gasteiger partial charge on any atom is 0.406 e. The first kappa shape index (κ1) is 16.5. The molecule has 0 saturated heterocycles. The zero-order valence-corrected chi connectivity index (χ0v) is 13.4. The van der Waals surface area contributed by atoms with Crippen LogP contribution in [0.5, 0.6) is 0 Å². The topological polar surface area (TPSA) is 20.3 Å². The van der Waals surface area contributed by atoms with Crippen molar-refractivity contribution in [2.45, 2.75) is 12.7 Å². The third kappa shape index (κ3) is 3.94. The molecule has 6 heteroatoms. The van der Waals surface area contributed by atoms with Gasteiger partial charge < -0.3 is 4.90 Å². The van der Waals surface area contributed by atoms with Crippen LogP contribution in [0.2, 0.25) is 0 Å². The van der Waals surface area contributed by atoms with Gasteiger partial charge in [-0.1, -0.05) is 30.3 Å². The number of fused-ring (bicyclic) bond motifs is 1. The summed E-state index contributed by atoms with van der Waals surface area (Å²) >= 11 is 1.39. The van der Waals surface area contributed by atoms with Crippen LogP contribution in [0.15, 0.2) is 59.3 Å². The Balaban J connectivity index is 1.90. The standard InChI is InChI=1S/C18H14F3NOS/c19-18(20,21)12-22(10-13-7-8-24-11-13)17(23)16-6-5-14-3-1-2-4-15(14)9-16/h1-9,11H,10,12H2. The van der Waals surface area contributed by atoms with Crippen LogP contribution in [-0.2, 0) is 6.54 Å². The highest BCUT2D eigenvalue weighted by atomic mass is 32.1. The van der Waals surface area contributed by atoms with Gasteiger partial charge in [0.05, 0.1) is 0 Å². The van der Waals surface area contributed by atoms with Crippen molar-refractivity contribution in [3.8, 4) is 0 Å². The monoisotopic (exact) mass is 349 g/mol. The van der Waals surface area contributed by atoms with Crippen LogP contribution in [0.25, 0.3) is 10.8 Å². The fourth-order valence-corrected chi connectivity index (χ4v) is 3.18. The average molecular weight is 349 g/mol. The van der Waals surface area contributed by atoms with E-state index in [0.29, 0.717) is 5.56 Å². The van der Waals surface area contributed by atoms with Gasteiger partial charge in [0.1, 0.15) is 6.54 Å². The molecule has 0 atom stereocenters. The van der Waals surface area contributed by atoms with Gasteiger partial charge in [-0.3, -0.25) is 4.79 Å². The summed E-state index contributed by atoms with van der Waals surface area (Å²) < 4.78 is 38.6. The summed E-state index contributed by atoms with van der Waals surface area (Å²) in [6.45, 7) is -1.33. The summed E-state index contributed by atoms with van der Waals surface area (Å²) in [6, 6.07) is 14.1. The van der Waals surface area contributed by atoms with Crippen molar-refractivity contribution < 1.29 is 18.0 Å². The molecule has 0 spiro atoms. The molecule has 0 unspecified atom stereocenters. The minimum Gasteiger partial charge on any atom is -0.325 e. The first-order valence-corrected chi connectivity index (χ1v) is 8.22. The van der Waals surface area contributed by atoms with Crippen LogP contribution in [0.3, 0.4) is 0 Å². The van der Waals surface area contributed by atoms with E-state index in [-0.39, 0.29) is 12.1 Å². The van der Waals surface area contributed by atoms with Gasteiger partial charge in [-0.25, -0.2) is 0 Å². The molecule has 0 saturated carbocycles. The van der Waals surface area contributed by atoms with Crippen molar-refractivity contribution in [1.29, 1.82) is 0 Å². The zero-order valence-electron chi connectivity index (χ0n) is 12.6. The van der Waals surface area contributed by atoms with Crippen molar-refractivity contribution in [2.75, 3.05) is 6.54 Å². The lowest BCUT2D eigenvalue weighted by Crippen LogP contribution is -2.38. The Morgan fingerprint density at radius 2 is 1.79 bits per heavy atom. The number of carbonyl (C=O) groups excluding carboxylic acids is 1. The maximum atomic E-state index is 12.9. The Labute approximate surface area is 141 Å². The highest BCUT2D eigenvalue weighted by molar-refractivity contribution is 7.07. The first-order chi connectivity index (χ1) is 11.4. The van der Waals surface area contributed by atoms with Gasteiger partial charge in [0, 0.05) is 12.1 Å². The number of halogens is 3. The van der Waals surface area contributed by atoms with Gasteiger partial charge in [-0.2, -0.15) is 24.5 Å². The summed E-state index contributed by atoms with van der Waals surface area (Å²) in [5.41, 5.74) is 0.951. The van der Waals surface area contributed by atoms with E-state index < -0.39 is 18.6 Å². The lowest BCUT2D eigenvalue weighted by Gasteiger charge is -2.24. The number of nitrogens with zero attached hydrogens (tertiary/aromatic N) is 1. The van der Waals surface area contributed by atoms with E-state index in [0.717, 1.165) is 15.7 Å². The number of alkyl halides is 3. The molecule has 1 amide bonds. The molecule has 1 heterocycles. The fourth-order valence-electron chi connectivity index (χ4n) is 2.52. The second-order valence-corrected chi connectivity index (χ2v) is 6.25. The number of thiophene rings is 1. The second-order valence-electron chi connectivity index (χ2n) is 5.47. The molecule has 0 radical (unpaired) electrons. The Bertz CT molecular complexity index is 843. The molecular weight excluding hydrogens is 335 g/mol. The second kappa shape index (κ2) is 6.65. The van der Waals surface area contributed by atoms with E-state index in [2.05, 4.69) is 0 Å². The van der Waals surface area contributed by atoms with E-state index >= 15 is 0 Å². The molecule has 124 valence electrons. The first-order valence-electron chi connectivity index (χ1n) is 7.28. The lowest BCUT2D eigenvalue weighted by atomic mass is 10.1. The predicted molar refractivity (Wildman–Crippen MR) is 89.1 cm³/mol. The SMILES string of the molecule is O=C(c1ccc2ccccc2c1)N(Cc1ccsc1)CC(F)(F)F. The minimum absolute atomic E-state index is 0.0608. The normalized spacial score (nSPS) is 11.6. The number of hydrogen-bond donors (Lipinski definition) is 0. The smallest absolute Gasteiger partial charge is 0.325 e. The molecular formula is C18H14F3NOS. The Morgan fingerprint density at radius 1 is 1.04 bits per heavy atom. The van der Waals surface area contributed by atoms with Crippen LogP contribution in [0.1, 0.15) is 15.9 Å². The molecule has 0 bridgehead atoms. The maximum absolute atomic E-state index is 12.9. The summed E-state index contributed by atoms with van der Waals surface area (Å²) in [7, 11) is 0. The van der Waals surface area contributed by atoms with Gasteiger partial charge in [0.25, 0.3) is 5.91 Å². The van der Waals surface area contributed by atoms with Gasteiger partial charge in [0.2, 0.25) is 0 Å². The van der Waals surface area contributed by atoms with Gasteiger partial charge in [-0.05, 0) is 45.3 Å². The molecule has 3 rings (SSSR count). The van der Waals surface area contributed by atoms with E-state index in [4.69, 9.17) is 0 Å². The van der Waals surface area contributed by atoms with E-state index in [1.54, 1.807) is 35.0 Å². The quantitative estimate of drug-likeness (QED) is 0.641. The number of rotatable bonds is 4. The lowest BCUT2D eigenvalue weighted by molar-refractivity contribution is -0.141. The minimum atomic E-state index is -4.44. The van der Waals surface area contributed by atoms with Crippen LogP contribution in [0.4, 0.5) is 13.2 Å².